The molecule has 8 heteroatoms. The quantitative estimate of drug-likeness (QED) is 0.688. The summed E-state index contributed by atoms with van der Waals surface area (Å²) in [5, 5.41) is 0.613. The number of nitrogens with zero attached hydrogens (tertiary/aromatic N) is 1. The second-order valence-electron chi connectivity index (χ2n) is 5.45. The molecule has 0 fully saturated rings. The third-order valence-electron chi connectivity index (χ3n) is 3.75. The Balaban J connectivity index is 1.95. The summed E-state index contributed by atoms with van der Waals surface area (Å²) in [5.41, 5.74) is 0.946. The van der Waals surface area contributed by atoms with E-state index in [1.54, 1.807) is 24.4 Å². The molecule has 0 aliphatic carbocycles. The molecule has 0 spiro atoms. The largest absolute Gasteiger partial charge is 0.492 e. The van der Waals surface area contributed by atoms with Crippen molar-refractivity contribution in [3.8, 4) is 5.75 Å². The third-order valence-corrected chi connectivity index (χ3v) is 5.56. The van der Waals surface area contributed by atoms with Crippen molar-refractivity contribution in [3.63, 3.8) is 0 Å². The van der Waals surface area contributed by atoms with Gasteiger partial charge in [-0.3, -0.25) is 4.98 Å². The number of ether oxygens (including phenoxy) is 1. The van der Waals surface area contributed by atoms with Gasteiger partial charge in [0.2, 0.25) is 10.0 Å². The highest BCUT2D eigenvalue weighted by Crippen LogP contribution is 2.29. The Morgan fingerprint density at radius 3 is 2.77 bits per heavy atom. The number of rotatable bonds is 6. The number of halogens is 2. The van der Waals surface area contributed by atoms with Crippen LogP contribution in [0, 0.1) is 5.82 Å². The Hall–Kier alpha value is -2.22. The van der Waals surface area contributed by atoms with Crippen LogP contribution < -0.4 is 9.46 Å². The number of pyridine rings is 1. The fourth-order valence-corrected chi connectivity index (χ4v) is 3.98. The summed E-state index contributed by atoms with van der Waals surface area (Å²) in [7, 11) is -3.84. The van der Waals surface area contributed by atoms with E-state index in [-0.39, 0.29) is 16.5 Å². The Kier molecular flexibility index (Phi) is 5.41. The maximum Gasteiger partial charge on any atom is 0.241 e. The molecular formula is C18H16ClFN2O3S. The van der Waals surface area contributed by atoms with Gasteiger partial charge in [-0.25, -0.2) is 17.5 Å². The smallest absolute Gasteiger partial charge is 0.241 e. The van der Waals surface area contributed by atoms with Gasteiger partial charge < -0.3 is 4.74 Å². The maximum atomic E-state index is 13.1. The molecule has 0 saturated heterocycles. The summed E-state index contributed by atoms with van der Waals surface area (Å²) >= 11 is 5.95. The van der Waals surface area contributed by atoms with Crippen molar-refractivity contribution in [2.24, 2.45) is 0 Å². The average Bonchev–Trinajstić information content (AvgIpc) is 2.61. The lowest BCUT2D eigenvalue weighted by atomic mass is 10.2. The molecule has 0 amide bonds. The highest BCUT2D eigenvalue weighted by atomic mass is 35.5. The van der Waals surface area contributed by atoms with Crippen molar-refractivity contribution < 1.29 is 17.5 Å². The highest BCUT2D eigenvalue weighted by molar-refractivity contribution is 7.89. The summed E-state index contributed by atoms with van der Waals surface area (Å²) in [6.07, 6.45) is 1.58. The molecule has 1 N–H and O–H groups in total. The van der Waals surface area contributed by atoms with Crippen LogP contribution in [0.15, 0.2) is 53.6 Å². The van der Waals surface area contributed by atoms with Gasteiger partial charge in [-0.15, -0.1) is 0 Å². The van der Waals surface area contributed by atoms with E-state index >= 15 is 0 Å². The van der Waals surface area contributed by atoms with E-state index in [9.17, 15) is 12.8 Å². The topological polar surface area (TPSA) is 68.3 Å². The van der Waals surface area contributed by atoms with Crippen LogP contribution in [-0.2, 0) is 16.6 Å². The minimum Gasteiger partial charge on any atom is -0.492 e. The lowest BCUT2D eigenvalue weighted by Gasteiger charge is -2.12. The van der Waals surface area contributed by atoms with Gasteiger partial charge in [0.25, 0.3) is 0 Å². The molecule has 5 nitrogen and oxygen atoms in total. The number of fused-ring (bicyclic) bond motifs is 1. The van der Waals surface area contributed by atoms with E-state index in [2.05, 4.69) is 9.71 Å². The first-order valence-electron chi connectivity index (χ1n) is 7.86. The molecule has 3 rings (SSSR count). The molecule has 0 aliphatic heterocycles. The monoisotopic (exact) mass is 394 g/mol. The van der Waals surface area contributed by atoms with E-state index in [1.807, 2.05) is 6.92 Å². The molecule has 2 aromatic carbocycles. The van der Waals surface area contributed by atoms with Crippen molar-refractivity contribution >= 4 is 32.5 Å². The zero-order valence-electron chi connectivity index (χ0n) is 13.9. The SMILES string of the molecule is CCOc1ccc(S(=O)(=O)NCc2ccc(F)cc2Cl)c2cccnc12. The van der Waals surface area contributed by atoms with Crippen LogP contribution in [0.1, 0.15) is 12.5 Å². The minimum atomic E-state index is -3.84. The van der Waals surface area contributed by atoms with Gasteiger partial charge in [-0.2, -0.15) is 0 Å². The van der Waals surface area contributed by atoms with Crippen LogP contribution in [0.3, 0.4) is 0 Å². The van der Waals surface area contributed by atoms with Crippen molar-refractivity contribution in [1.29, 1.82) is 0 Å². The molecule has 0 unspecified atom stereocenters. The van der Waals surface area contributed by atoms with E-state index in [0.717, 1.165) is 6.07 Å². The maximum absolute atomic E-state index is 13.1. The molecule has 0 atom stereocenters. The van der Waals surface area contributed by atoms with Crippen LogP contribution in [-0.4, -0.2) is 20.0 Å². The number of aromatic nitrogens is 1. The van der Waals surface area contributed by atoms with E-state index < -0.39 is 15.8 Å². The summed E-state index contributed by atoms with van der Waals surface area (Å²) < 4.78 is 46.7. The van der Waals surface area contributed by atoms with Crippen LogP contribution in [0.5, 0.6) is 5.75 Å². The lowest BCUT2D eigenvalue weighted by molar-refractivity contribution is 0.343. The Morgan fingerprint density at radius 1 is 1.23 bits per heavy atom. The molecule has 0 radical (unpaired) electrons. The number of hydrogen-bond donors (Lipinski definition) is 1. The molecular weight excluding hydrogens is 379 g/mol. The van der Waals surface area contributed by atoms with Crippen molar-refractivity contribution in [2.75, 3.05) is 6.61 Å². The van der Waals surface area contributed by atoms with E-state index in [1.165, 1.54) is 18.2 Å². The highest BCUT2D eigenvalue weighted by Gasteiger charge is 2.20. The summed E-state index contributed by atoms with van der Waals surface area (Å²) in [5.74, 6) is 0.0359. The first-order chi connectivity index (χ1) is 12.4. The lowest BCUT2D eigenvalue weighted by Crippen LogP contribution is -2.23. The van der Waals surface area contributed by atoms with Gasteiger partial charge in [0.05, 0.1) is 11.5 Å². The van der Waals surface area contributed by atoms with Crippen molar-refractivity contribution in [1.82, 2.24) is 9.71 Å². The average molecular weight is 395 g/mol. The Morgan fingerprint density at radius 2 is 2.04 bits per heavy atom. The third kappa shape index (κ3) is 3.80. The fourth-order valence-electron chi connectivity index (χ4n) is 2.54. The van der Waals surface area contributed by atoms with Gasteiger partial charge in [0, 0.05) is 23.2 Å². The second-order valence-corrected chi connectivity index (χ2v) is 7.60. The number of sulfonamides is 1. The molecule has 0 saturated carbocycles. The number of hydrogen-bond acceptors (Lipinski definition) is 4. The molecule has 26 heavy (non-hydrogen) atoms. The summed E-state index contributed by atoms with van der Waals surface area (Å²) in [6.45, 7) is 2.23. The molecule has 1 aromatic heterocycles. The van der Waals surface area contributed by atoms with E-state index in [4.69, 9.17) is 16.3 Å². The summed E-state index contributed by atoms with van der Waals surface area (Å²) in [6, 6.07) is 10.2. The Bertz CT molecular complexity index is 1060. The van der Waals surface area contributed by atoms with Crippen LogP contribution >= 0.6 is 11.6 Å². The standard InChI is InChI=1S/C18H16ClFN2O3S/c1-2-25-16-7-8-17(14-4-3-9-21-18(14)16)26(23,24)22-11-12-5-6-13(20)10-15(12)19/h3-10,22H,2,11H2,1H3. The fraction of sp³-hybridized carbons (Fsp3) is 0.167. The zero-order valence-corrected chi connectivity index (χ0v) is 15.4. The zero-order chi connectivity index (χ0) is 18.7. The second kappa shape index (κ2) is 7.57. The molecule has 3 aromatic rings. The van der Waals surface area contributed by atoms with Crippen LogP contribution in [0.4, 0.5) is 4.39 Å². The van der Waals surface area contributed by atoms with Gasteiger partial charge in [-0.05, 0) is 48.9 Å². The molecule has 0 aliphatic rings. The predicted molar refractivity (Wildman–Crippen MR) is 98.3 cm³/mol. The number of nitrogens with one attached hydrogen (secondary N) is 1. The van der Waals surface area contributed by atoms with Gasteiger partial charge in [0.1, 0.15) is 17.1 Å². The van der Waals surface area contributed by atoms with Crippen LogP contribution in [0.2, 0.25) is 5.02 Å². The molecule has 1 heterocycles. The molecule has 0 bridgehead atoms. The van der Waals surface area contributed by atoms with Gasteiger partial charge >= 0.3 is 0 Å². The minimum absolute atomic E-state index is 0.0591. The van der Waals surface area contributed by atoms with Crippen molar-refractivity contribution in [3.05, 3.63) is 65.1 Å². The first-order valence-corrected chi connectivity index (χ1v) is 9.72. The predicted octanol–water partition coefficient (Wildman–Crippen LogP) is 3.90. The number of benzene rings is 2. The first kappa shape index (κ1) is 18.6. The van der Waals surface area contributed by atoms with Gasteiger partial charge in [-0.1, -0.05) is 17.7 Å². The van der Waals surface area contributed by atoms with Crippen LogP contribution in [0.25, 0.3) is 10.9 Å². The molecule has 136 valence electrons. The summed E-state index contributed by atoms with van der Waals surface area (Å²) in [4.78, 5) is 4.32. The Labute approximate surface area is 155 Å². The van der Waals surface area contributed by atoms with Crippen molar-refractivity contribution in [2.45, 2.75) is 18.4 Å². The van der Waals surface area contributed by atoms with Gasteiger partial charge in [0.15, 0.2) is 0 Å². The normalized spacial score (nSPS) is 11.7. The van der Waals surface area contributed by atoms with E-state index in [0.29, 0.717) is 28.8 Å².